The summed E-state index contributed by atoms with van der Waals surface area (Å²) < 4.78 is 15.5. The number of nitrogens with one attached hydrogen (secondary N) is 1. The number of fused-ring (bicyclic) bond motifs is 1. The molecule has 0 bridgehead atoms. The highest BCUT2D eigenvalue weighted by Gasteiger charge is 2.25. The van der Waals surface area contributed by atoms with Gasteiger partial charge in [-0.25, -0.2) is 4.39 Å². The molecule has 0 fully saturated rings. The van der Waals surface area contributed by atoms with Crippen LogP contribution in [0.5, 0.6) is 0 Å². The number of anilines is 1. The molecule has 1 aromatic heterocycles. The average molecular weight is 398 g/mol. The third-order valence-electron chi connectivity index (χ3n) is 5.41. The van der Waals surface area contributed by atoms with E-state index in [0.29, 0.717) is 16.8 Å². The Balaban J connectivity index is 1.59. The van der Waals surface area contributed by atoms with Crippen LogP contribution in [-0.2, 0) is 0 Å². The Morgan fingerprint density at radius 3 is 2.53 bits per heavy atom. The fourth-order valence-electron chi connectivity index (χ4n) is 3.60. The summed E-state index contributed by atoms with van der Waals surface area (Å²) in [5.41, 5.74) is 4.19. The van der Waals surface area contributed by atoms with Crippen molar-refractivity contribution in [3.8, 4) is 0 Å². The lowest BCUT2D eigenvalue weighted by atomic mass is 9.89. The number of benzene rings is 3. The smallest absolute Gasteiger partial charge is 0.256 e. The Bertz CT molecular complexity index is 1190. The molecule has 0 spiro atoms. The Kier molecular flexibility index (Phi) is 5.57. The molecule has 0 saturated heterocycles. The van der Waals surface area contributed by atoms with Gasteiger partial charge in [0, 0.05) is 28.8 Å². The third-order valence-corrected chi connectivity index (χ3v) is 5.41. The zero-order chi connectivity index (χ0) is 21.1. The van der Waals surface area contributed by atoms with Gasteiger partial charge in [-0.1, -0.05) is 67.1 Å². The van der Waals surface area contributed by atoms with Crippen LogP contribution in [0, 0.1) is 6.92 Å². The molecule has 0 aliphatic carbocycles. The monoisotopic (exact) mass is 398 g/mol. The van der Waals surface area contributed by atoms with Gasteiger partial charge >= 0.3 is 0 Å². The van der Waals surface area contributed by atoms with Crippen molar-refractivity contribution < 1.29 is 9.18 Å². The highest BCUT2D eigenvalue weighted by atomic mass is 19.1. The van der Waals surface area contributed by atoms with Crippen LogP contribution in [0.4, 0.5) is 10.1 Å². The molecule has 3 aromatic carbocycles. The van der Waals surface area contributed by atoms with E-state index in [-0.39, 0.29) is 11.8 Å². The van der Waals surface area contributed by atoms with Crippen LogP contribution in [-0.4, -0.2) is 10.9 Å². The molecule has 4 rings (SSSR count). The summed E-state index contributed by atoms with van der Waals surface area (Å²) in [6, 6.07) is 24.1. The summed E-state index contributed by atoms with van der Waals surface area (Å²) in [6.45, 7) is 3.85. The molecule has 1 heterocycles. The molecule has 0 radical (unpaired) electrons. The molecule has 2 atom stereocenters. The SMILES string of the molecule is Cc1ccc(C(C)C(F)c2ccccc2C(=O)Nc2ccc3cccnc3c2)cc1. The van der Waals surface area contributed by atoms with E-state index in [1.807, 2.05) is 68.4 Å². The van der Waals surface area contributed by atoms with E-state index < -0.39 is 6.17 Å². The summed E-state index contributed by atoms with van der Waals surface area (Å²) >= 11 is 0. The van der Waals surface area contributed by atoms with Gasteiger partial charge < -0.3 is 5.32 Å². The van der Waals surface area contributed by atoms with Crippen LogP contribution < -0.4 is 5.32 Å². The van der Waals surface area contributed by atoms with Crippen LogP contribution in [0.3, 0.4) is 0 Å². The zero-order valence-electron chi connectivity index (χ0n) is 17.0. The van der Waals surface area contributed by atoms with Gasteiger partial charge in [-0.05, 0) is 42.3 Å². The second kappa shape index (κ2) is 8.46. The van der Waals surface area contributed by atoms with Crippen molar-refractivity contribution >= 4 is 22.5 Å². The van der Waals surface area contributed by atoms with Crippen molar-refractivity contribution in [1.82, 2.24) is 4.98 Å². The topological polar surface area (TPSA) is 42.0 Å². The molecule has 4 aromatic rings. The summed E-state index contributed by atoms with van der Waals surface area (Å²) in [4.78, 5) is 17.3. The minimum absolute atomic E-state index is 0.334. The average Bonchev–Trinajstić information content (AvgIpc) is 2.78. The number of hydrogen-bond donors (Lipinski definition) is 1. The summed E-state index contributed by atoms with van der Waals surface area (Å²) in [5.74, 6) is -0.705. The lowest BCUT2D eigenvalue weighted by Crippen LogP contribution is -2.16. The number of nitrogens with zero attached hydrogens (tertiary/aromatic N) is 1. The first-order chi connectivity index (χ1) is 14.5. The summed E-state index contributed by atoms with van der Waals surface area (Å²) in [5, 5.41) is 3.88. The standard InChI is InChI=1S/C26H23FN2O/c1-17-9-11-19(12-10-17)18(2)25(27)22-7-3-4-8-23(22)26(30)29-21-14-13-20-6-5-15-28-24(20)16-21/h3-16,18,25H,1-2H3,(H,29,30). The molecular weight excluding hydrogens is 375 g/mol. The zero-order valence-corrected chi connectivity index (χ0v) is 17.0. The molecule has 1 amide bonds. The molecular formula is C26H23FN2O. The van der Waals surface area contributed by atoms with Gasteiger partial charge in [0.25, 0.3) is 5.91 Å². The van der Waals surface area contributed by atoms with Crippen LogP contribution in [0.1, 0.15) is 46.1 Å². The predicted molar refractivity (Wildman–Crippen MR) is 120 cm³/mol. The Hall–Kier alpha value is -3.53. The molecule has 0 aliphatic rings. The van der Waals surface area contributed by atoms with Crippen LogP contribution >= 0.6 is 0 Å². The second-order valence-corrected chi connectivity index (χ2v) is 7.55. The number of carbonyl (C=O) groups is 1. The van der Waals surface area contributed by atoms with E-state index in [1.54, 1.807) is 30.5 Å². The van der Waals surface area contributed by atoms with E-state index in [2.05, 4.69) is 10.3 Å². The van der Waals surface area contributed by atoms with E-state index in [0.717, 1.165) is 22.0 Å². The van der Waals surface area contributed by atoms with Gasteiger partial charge in [0.2, 0.25) is 0 Å². The van der Waals surface area contributed by atoms with Gasteiger partial charge in [-0.2, -0.15) is 0 Å². The van der Waals surface area contributed by atoms with Gasteiger partial charge in [0.05, 0.1) is 5.52 Å². The van der Waals surface area contributed by atoms with Crippen molar-refractivity contribution in [3.63, 3.8) is 0 Å². The van der Waals surface area contributed by atoms with E-state index >= 15 is 4.39 Å². The predicted octanol–water partition coefficient (Wildman–Crippen LogP) is 6.61. The number of alkyl halides is 1. The van der Waals surface area contributed by atoms with E-state index in [9.17, 15) is 4.79 Å². The fraction of sp³-hybridized carbons (Fsp3) is 0.154. The number of aryl methyl sites for hydroxylation is 1. The number of rotatable bonds is 5. The van der Waals surface area contributed by atoms with Crippen molar-refractivity contribution in [2.75, 3.05) is 5.32 Å². The van der Waals surface area contributed by atoms with Crippen LogP contribution in [0.15, 0.2) is 85.1 Å². The molecule has 3 nitrogen and oxygen atoms in total. The lowest BCUT2D eigenvalue weighted by molar-refractivity contribution is 0.102. The van der Waals surface area contributed by atoms with Gasteiger partial charge in [-0.15, -0.1) is 0 Å². The number of carbonyl (C=O) groups excluding carboxylic acids is 1. The third kappa shape index (κ3) is 4.08. The minimum atomic E-state index is -1.30. The van der Waals surface area contributed by atoms with Crippen molar-refractivity contribution in [2.45, 2.75) is 25.9 Å². The number of halogens is 1. The fourth-order valence-corrected chi connectivity index (χ4v) is 3.60. The first-order valence-corrected chi connectivity index (χ1v) is 9.98. The molecule has 30 heavy (non-hydrogen) atoms. The number of aromatic nitrogens is 1. The quantitative estimate of drug-likeness (QED) is 0.411. The Morgan fingerprint density at radius 1 is 0.967 bits per heavy atom. The second-order valence-electron chi connectivity index (χ2n) is 7.55. The molecule has 150 valence electrons. The first-order valence-electron chi connectivity index (χ1n) is 9.98. The number of pyridine rings is 1. The molecule has 4 heteroatoms. The van der Waals surface area contributed by atoms with Crippen molar-refractivity contribution in [2.24, 2.45) is 0 Å². The molecule has 2 unspecified atom stereocenters. The Morgan fingerprint density at radius 2 is 1.73 bits per heavy atom. The van der Waals surface area contributed by atoms with Gasteiger partial charge in [0.15, 0.2) is 0 Å². The number of hydrogen-bond acceptors (Lipinski definition) is 2. The summed E-state index contributed by atoms with van der Waals surface area (Å²) in [6.07, 6.45) is 0.413. The largest absolute Gasteiger partial charge is 0.322 e. The van der Waals surface area contributed by atoms with Gasteiger partial charge in [-0.3, -0.25) is 9.78 Å². The molecule has 1 N–H and O–H groups in total. The number of amides is 1. The maximum absolute atomic E-state index is 15.5. The van der Waals surface area contributed by atoms with E-state index in [1.165, 1.54) is 0 Å². The Labute approximate surface area is 175 Å². The normalized spacial score (nSPS) is 13.0. The van der Waals surface area contributed by atoms with E-state index in [4.69, 9.17) is 0 Å². The lowest BCUT2D eigenvalue weighted by Gasteiger charge is -2.20. The van der Waals surface area contributed by atoms with Crippen LogP contribution in [0.2, 0.25) is 0 Å². The van der Waals surface area contributed by atoms with Crippen molar-refractivity contribution in [1.29, 1.82) is 0 Å². The maximum Gasteiger partial charge on any atom is 0.256 e. The first kappa shape index (κ1) is 19.8. The highest BCUT2D eigenvalue weighted by molar-refractivity contribution is 6.06. The van der Waals surface area contributed by atoms with Crippen molar-refractivity contribution in [3.05, 3.63) is 107 Å². The van der Waals surface area contributed by atoms with Crippen LogP contribution in [0.25, 0.3) is 10.9 Å². The maximum atomic E-state index is 15.5. The molecule has 0 saturated carbocycles. The van der Waals surface area contributed by atoms with Gasteiger partial charge in [0.1, 0.15) is 6.17 Å². The minimum Gasteiger partial charge on any atom is -0.322 e. The highest BCUT2D eigenvalue weighted by Crippen LogP contribution is 2.36. The molecule has 0 aliphatic heterocycles. The summed E-state index contributed by atoms with van der Waals surface area (Å²) in [7, 11) is 0.